The molecule has 5 heterocycles. The molecular weight excluding hydrogens is 484 g/mol. The van der Waals surface area contributed by atoms with Crippen LogP contribution < -0.4 is 0 Å². The first kappa shape index (κ1) is 23.6. The molecule has 5 aliphatic heterocycles. The van der Waals surface area contributed by atoms with Gasteiger partial charge in [0.1, 0.15) is 11.7 Å². The molecule has 1 saturated carbocycles. The molecule has 7 heteroatoms. The molecule has 1 aliphatic carbocycles. The number of hydrogen-bond acceptors (Lipinski definition) is 7. The van der Waals surface area contributed by atoms with Crippen molar-refractivity contribution in [1.82, 2.24) is 0 Å². The number of carbonyl (C=O) groups is 1. The molecule has 2 aromatic carbocycles. The van der Waals surface area contributed by atoms with Crippen molar-refractivity contribution in [3.63, 3.8) is 0 Å². The van der Waals surface area contributed by atoms with E-state index in [1.54, 1.807) is 0 Å². The predicted octanol–water partition coefficient (Wildman–Crippen LogP) is 3.82. The molecule has 0 amide bonds. The van der Waals surface area contributed by atoms with Gasteiger partial charge >= 0.3 is 5.97 Å². The van der Waals surface area contributed by atoms with Crippen LogP contribution in [0.5, 0.6) is 0 Å². The average molecular weight is 519 g/mol. The number of esters is 1. The number of fused-ring (bicyclic) bond motifs is 9. The lowest BCUT2D eigenvalue weighted by atomic mass is 9.50. The Balaban J connectivity index is 1.04. The first-order valence-electron chi connectivity index (χ1n) is 14.0. The van der Waals surface area contributed by atoms with Crippen LogP contribution in [0.4, 0.5) is 0 Å². The van der Waals surface area contributed by atoms with Crippen molar-refractivity contribution in [3.8, 4) is 0 Å². The van der Waals surface area contributed by atoms with E-state index in [0.29, 0.717) is 19.8 Å². The Labute approximate surface area is 222 Å². The maximum Gasteiger partial charge on any atom is 0.302 e. The fraction of sp³-hybridized carbons (Fsp3) is 0.581. The summed E-state index contributed by atoms with van der Waals surface area (Å²) in [7, 11) is 0. The highest BCUT2D eigenvalue weighted by atomic mass is 16.7. The van der Waals surface area contributed by atoms with Gasteiger partial charge in [0.2, 0.25) is 0 Å². The molecule has 0 unspecified atom stereocenters. The van der Waals surface area contributed by atoms with Crippen LogP contribution in [0, 0.1) is 17.3 Å². The van der Waals surface area contributed by atoms with Crippen molar-refractivity contribution in [2.45, 2.75) is 87.7 Å². The molecule has 7 nitrogen and oxygen atoms in total. The number of epoxide rings is 1. The van der Waals surface area contributed by atoms with Gasteiger partial charge in [0.05, 0.1) is 56.4 Å². The molecule has 200 valence electrons. The smallest absolute Gasteiger partial charge is 0.302 e. The van der Waals surface area contributed by atoms with Crippen LogP contribution >= 0.6 is 0 Å². The number of carbonyl (C=O) groups excluding carboxylic acids is 1. The van der Waals surface area contributed by atoms with Crippen molar-refractivity contribution >= 4 is 5.97 Å². The van der Waals surface area contributed by atoms with E-state index < -0.39 is 0 Å². The monoisotopic (exact) mass is 518 g/mol. The van der Waals surface area contributed by atoms with Crippen LogP contribution in [0.1, 0.15) is 37.3 Å². The molecule has 5 saturated heterocycles. The molecule has 0 radical (unpaired) electrons. The lowest BCUT2D eigenvalue weighted by Crippen LogP contribution is -2.62. The summed E-state index contributed by atoms with van der Waals surface area (Å²) < 4.78 is 38.6. The molecule has 6 aliphatic rings. The van der Waals surface area contributed by atoms with Gasteiger partial charge in [-0.05, 0) is 17.5 Å². The maximum atomic E-state index is 12.0. The number of rotatable bonds is 8. The second kappa shape index (κ2) is 8.60. The Morgan fingerprint density at radius 3 is 2.05 bits per heavy atom. The van der Waals surface area contributed by atoms with Gasteiger partial charge in [0, 0.05) is 37.0 Å². The van der Waals surface area contributed by atoms with E-state index in [2.05, 4.69) is 24.3 Å². The van der Waals surface area contributed by atoms with Crippen LogP contribution in [0.2, 0.25) is 0 Å². The van der Waals surface area contributed by atoms with Gasteiger partial charge in [-0.1, -0.05) is 60.7 Å². The fourth-order valence-electron chi connectivity index (χ4n) is 8.77. The summed E-state index contributed by atoms with van der Waals surface area (Å²) in [6.07, 6.45) is 2.53. The zero-order valence-corrected chi connectivity index (χ0v) is 21.6. The normalized spacial score (nSPS) is 44.9. The largest absolute Gasteiger partial charge is 0.465 e. The zero-order valence-electron chi connectivity index (χ0n) is 21.6. The fourth-order valence-corrected chi connectivity index (χ4v) is 8.77. The Morgan fingerprint density at radius 1 is 0.842 bits per heavy atom. The number of benzene rings is 2. The average Bonchev–Trinajstić information content (AvgIpc) is 3.30. The van der Waals surface area contributed by atoms with Crippen LogP contribution in [0.25, 0.3) is 0 Å². The summed E-state index contributed by atoms with van der Waals surface area (Å²) in [5.74, 6) is 0.186. The van der Waals surface area contributed by atoms with Crippen LogP contribution in [0.15, 0.2) is 60.7 Å². The predicted molar refractivity (Wildman–Crippen MR) is 135 cm³/mol. The lowest BCUT2D eigenvalue weighted by molar-refractivity contribution is -0.155. The minimum atomic E-state index is -0.320. The quantitative estimate of drug-likeness (QED) is 0.389. The zero-order chi connectivity index (χ0) is 25.5. The molecule has 6 fully saturated rings. The first-order valence-corrected chi connectivity index (χ1v) is 14.0. The third kappa shape index (κ3) is 3.35. The Bertz CT molecular complexity index is 1210. The van der Waals surface area contributed by atoms with Crippen molar-refractivity contribution in [2.75, 3.05) is 6.61 Å². The summed E-state index contributed by atoms with van der Waals surface area (Å²) in [6.45, 7) is 2.96. The molecular formula is C31H34O7. The molecule has 8 rings (SSSR count). The van der Waals surface area contributed by atoms with Crippen molar-refractivity contribution in [1.29, 1.82) is 0 Å². The van der Waals surface area contributed by atoms with Gasteiger partial charge < -0.3 is 28.4 Å². The molecule has 1 spiro atoms. The topological polar surface area (TPSA) is 75.8 Å². The molecule has 0 N–H and O–H groups in total. The SMILES string of the molecule is CC(=O)OC[C@@]12C[C@@H]3O[C@]34[C@H]([C@@H]1[C@H]1C[C@@H](OCc3ccccc3)[C@@H]2O1)[C@H]1C[C@@H](OCc2ccccc2)[C@@H]4O1. The van der Waals surface area contributed by atoms with Gasteiger partial charge in [0.25, 0.3) is 0 Å². The summed E-state index contributed by atoms with van der Waals surface area (Å²) in [6, 6.07) is 20.5. The summed E-state index contributed by atoms with van der Waals surface area (Å²) in [5, 5.41) is 0. The Morgan fingerprint density at radius 2 is 1.42 bits per heavy atom. The van der Waals surface area contributed by atoms with Crippen LogP contribution in [-0.4, -0.2) is 60.9 Å². The van der Waals surface area contributed by atoms with E-state index in [9.17, 15) is 4.79 Å². The summed E-state index contributed by atoms with van der Waals surface area (Å²) >= 11 is 0. The van der Waals surface area contributed by atoms with E-state index in [0.717, 1.165) is 24.8 Å². The van der Waals surface area contributed by atoms with Crippen LogP contribution in [0.3, 0.4) is 0 Å². The van der Waals surface area contributed by atoms with E-state index >= 15 is 0 Å². The van der Waals surface area contributed by atoms with E-state index in [-0.39, 0.29) is 71.5 Å². The minimum Gasteiger partial charge on any atom is -0.465 e. The van der Waals surface area contributed by atoms with Gasteiger partial charge in [-0.3, -0.25) is 4.79 Å². The molecule has 0 aromatic heterocycles. The lowest BCUT2D eigenvalue weighted by Gasteiger charge is -2.51. The molecule has 38 heavy (non-hydrogen) atoms. The molecule has 2 aromatic rings. The van der Waals surface area contributed by atoms with Crippen LogP contribution in [-0.2, 0) is 46.4 Å². The Kier molecular flexibility index (Phi) is 5.34. The van der Waals surface area contributed by atoms with E-state index in [4.69, 9.17) is 28.4 Å². The van der Waals surface area contributed by atoms with Crippen molar-refractivity contribution in [3.05, 3.63) is 71.8 Å². The number of hydrogen-bond donors (Lipinski definition) is 0. The van der Waals surface area contributed by atoms with Gasteiger partial charge in [-0.15, -0.1) is 0 Å². The second-order valence-corrected chi connectivity index (χ2v) is 12.1. The van der Waals surface area contributed by atoms with E-state index in [1.165, 1.54) is 12.5 Å². The van der Waals surface area contributed by atoms with E-state index in [1.807, 2.05) is 36.4 Å². The van der Waals surface area contributed by atoms with Gasteiger partial charge in [-0.2, -0.15) is 0 Å². The summed E-state index contributed by atoms with van der Waals surface area (Å²) in [5.41, 5.74) is 1.70. The van der Waals surface area contributed by atoms with Gasteiger partial charge in [-0.25, -0.2) is 0 Å². The number of ether oxygens (including phenoxy) is 6. The highest BCUT2D eigenvalue weighted by Crippen LogP contribution is 2.74. The minimum absolute atomic E-state index is 0.0280. The first-order chi connectivity index (χ1) is 18.6. The summed E-state index contributed by atoms with van der Waals surface area (Å²) in [4.78, 5) is 12.0. The van der Waals surface area contributed by atoms with Gasteiger partial charge in [0.15, 0.2) is 0 Å². The second-order valence-electron chi connectivity index (χ2n) is 12.1. The highest BCUT2D eigenvalue weighted by molar-refractivity contribution is 5.66. The third-order valence-electron chi connectivity index (χ3n) is 10.1. The third-order valence-corrected chi connectivity index (χ3v) is 10.1. The standard InChI is InChI=1S/C31H34O7/c1-18(32)35-17-30-14-25-31(38-25)27(22-13-24(29(31)37-22)34-16-20-10-6-3-7-11-20)26(30)21-12-23(28(30)36-21)33-15-19-8-4-2-5-9-19/h2-11,21-29H,12-17H2,1H3/t21-,22-,23-,24-,25+,26+,27+,28+,29+,30+,31+/m1/s1. The maximum absolute atomic E-state index is 12.0. The van der Waals surface area contributed by atoms with Crippen molar-refractivity contribution < 1.29 is 33.2 Å². The molecule has 4 bridgehead atoms. The van der Waals surface area contributed by atoms with Crippen molar-refractivity contribution in [2.24, 2.45) is 17.3 Å². The Hall–Kier alpha value is -2.29. The highest BCUT2D eigenvalue weighted by Gasteiger charge is 2.86. The molecule has 11 atom stereocenters.